The van der Waals surface area contributed by atoms with Gasteiger partial charge in [0.15, 0.2) is 0 Å². The molecule has 1 amide bonds. The molecule has 1 saturated heterocycles. The van der Waals surface area contributed by atoms with Crippen LogP contribution in [0, 0.1) is 0 Å². The summed E-state index contributed by atoms with van der Waals surface area (Å²) in [5, 5.41) is 0. The summed E-state index contributed by atoms with van der Waals surface area (Å²) in [6.07, 6.45) is 6.71. The Labute approximate surface area is 103 Å². The Morgan fingerprint density at radius 2 is 1.65 bits per heavy atom. The van der Waals surface area contributed by atoms with Gasteiger partial charge in [-0.2, -0.15) is 0 Å². The van der Waals surface area contributed by atoms with Crippen LogP contribution in [-0.4, -0.2) is 53.5 Å². The van der Waals surface area contributed by atoms with Crippen molar-refractivity contribution in [1.29, 1.82) is 0 Å². The normalized spacial score (nSPS) is 29.6. The molecular weight excluding hydrogens is 214 g/mol. The lowest BCUT2D eigenvalue weighted by molar-refractivity contribution is -0.138. The number of hydrogen-bond donors (Lipinski definition) is 1. The van der Waals surface area contributed by atoms with E-state index in [1.807, 2.05) is 4.90 Å². The van der Waals surface area contributed by atoms with E-state index in [4.69, 9.17) is 5.73 Å². The first kappa shape index (κ1) is 11.5. The lowest BCUT2D eigenvalue weighted by Gasteiger charge is -2.38. The molecule has 2 saturated carbocycles. The van der Waals surface area contributed by atoms with Crippen LogP contribution in [0.1, 0.15) is 38.5 Å². The second-order valence-corrected chi connectivity index (χ2v) is 5.92. The third kappa shape index (κ3) is 2.20. The summed E-state index contributed by atoms with van der Waals surface area (Å²) in [6.45, 7) is 3.86. The Morgan fingerprint density at radius 3 is 2.18 bits per heavy atom. The van der Waals surface area contributed by atoms with Crippen molar-refractivity contribution in [3.63, 3.8) is 0 Å². The van der Waals surface area contributed by atoms with Gasteiger partial charge in [0, 0.05) is 32.2 Å². The molecule has 0 unspecified atom stereocenters. The van der Waals surface area contributed by atoms with Crippen molar-refractivity contribution >= 4 is 5.91 Å². The first-order chi connectivity index (χ1) is 8.19. The maximum Gasteiger partial charge on any atom is 0.242 e. The van der Waals surface area contributed by atoms with Crippen LogP contribution in [0.25, 0.3) is 0 Å². The third-order valence-corrected chi connectivity index (χ3v) is 4.59. The van der Waals surface area contributed by atoms with Crippen LogP contribution in [0.15, 0.2) is 0 Å². The van der Waals surface area contributed by atoms with E-state index in [0.717, 1.165) is 57.9 Å². The van der Waals surface area contributed by atoms with Gasteiger partial charge in [0.1, 0.15) is 0 Å². The summed E-state index contributed by atoms with van der Waals surface area (Å²) in [5.74, 6) is 0.213. The van der Waals surface area contributed by atoms with Crippen molar-refractivity contribution in [1.82, 2.24) is 9.80 Å². The van der Waals surface area contributed by atoms with E-state index in [-0.39, 0.29) is 5.91 Å². The van der Waals surface area contributed by atoms with Crippen LogP contribution in [0.2, 0.25) is 0 Å². The molecule has 0 atom stereocenters. The smallest absolute Gasteiger partial charge is 0.242 e. The first-order valence-corrected chi connectivity index (χ1v) is 7.01. The molecule has 3 rings (SSSR count). The predicted octanol–water partition coefficient (Wildman–Crippen LogP) is 0.564. The molecule has 4 heteroatoms. The molecule has 0 spiro atoms. The van der Waals surface area contributed by atoms with E-state index in [1.165, 1.54) is 12.8 Å². The number of rotatable bonds is 2. The van der Waals surface area contributed by atoms with Gasteiger partial charge in [-0.25, -0.2) is 0 Å². The topological polar surface area (TPSA) is 49.6 Å². The molecule has 4 nitrogen and oxygen atoms in total. The van der Waals surface area contributed by atoms with Crippen LogP contribution >= 0.6 is 0 Å². The summed E-state index contributed by atoms with van der Waals surface area (Å²) >= 11 is 0. The highest BCUT2D eigenvalue weighted by Crippen LogP contribution is 2.31. The van der Waals surface area contributed by atoms with Crippen LogP contribution in [0.3, 0.4) is 0 Å². The van der Waals surface area contributed by atoms with Crippen molar-refractivity contribution in [3.8, 4) is 0 Å². The molecule has 3 fully saturated rings. The van der Waals surface area contributed by atoms with E-state index in [9.17, 15) is 4.79 Å². The summed E-state index contributed by atoms with van der Waals surface area (Å²) < 4.78 is 0. The van der Waals surface area contributed by atoms with E-state index in [0.29, 0.717) is 0 Å². The fraction of sp³-hybridized carbons (Fsp3) is 0.923. The van der Waals surface area contributed by atoms with Crippen LogP contribution < -0.4 is 5.73 Å². The fourth-order valence-corrected chi connectivity index (χ4v) is 3.26. The van der Waals surface area contributed by atoms with Gasteiger partial charge in [-0.3, -0.25) is 9.69 Å². The lowest BCUT2D eigenvalue weighted by Crippen LogP contribution is -2.58. The molecule has 0 radical (unpaired) electrons. The third-order valence-electron chi connectivity index (χ3n) is 4.59. The van der Waals surface area contributed by atoms with Crippen molar-refractivity contribution in [2.24, 2.45) is 5.73 Å². The van der Waals surface area contributed by atoms with Crippen LogP contribution in [0.4, 0.5) is 0 Å². The zero-order valence-corrected chi connectivity index (χ0v) is 10.5. The SMILES string of the molecule is NC1(C(=O)N2CCN(C3CC3)CC2)CCCC1. The minimum absolute atomic E-state index is 0.213. The predicted molar refractivity (Wildman–Crippen MR) is 66.6 cm³/mol. The Bertz CT molecular complexity index is 300. The molecule has 2 aliphatic carbocycles. The highest BCUT2D eigenvalue weighted by molar-refractivity contribution is 5.86. The number of hydrogen-bond acceptors (Lipinski definition) is 3. The summed E-state index contributed by atoms with van der Waals surface area (Å²) in [6, 6.07) is 0.825. The van der Waals surface area contributed by atoms with Gasteiger partial charge in [0.25, 0.3) is 0 Å². The van der Waals surface area contributed by atoms with E-state index in [1.54, 1.807) is 0 Å². The number of piperazine rings is 1. The molecule has 0 aromatic carbocycles. The molecule has 0 aromatic heterocycles. The van der Waals surface area contributed by atoms with Gasteiger partial charge in [-0.15, -0.1) is 0 Å². The number of nitrogens with zero attached hydrogens (tertiary/aromatic N) is 2. The average Bonchev–Trinajstić information content (AvgIpc) is 3.11. The van der Waals surface area contributed by atoms with Crippen LogP contribution in [0.5, 0.6) is 0 Å². The van der Waals surface area contributed by atoms with Gasteiger partial charge in [0.05, 0.1) is 5.54 Å². The van der Waals surface area contributed by atoms with Crippen molar-refractivity contribution < 1.29 is 4.79 Å². The number of carbonyl (C=O) groups excluding carboxylic acids is 1. The Kier molecular flexibility index (Phi) is 2.87. The Hall–Kier alpha value is -0.610. The monoisotopic (exact) mass is 237 g/mol. The van der Waals surface area contributed by atoms with Crippen molar-refractivity contribution in [2.45, 2.75) is 50.1 Å². The van der Waals surface area contributed by atoms with Gasteiger partial charge >= 0.3 is 0 Å². The molecule has 96 valence electrons. The summed E-state index contributed by atoms with van der Waals surface area (Å²) in [5.41, 5.74) is 5.71. The second kappa shape index (κ2) is 4.25. The molecule has 17 heavy (non-hydrogen) atoms. The zero-order valence-electron chi connectivity index (χ0n) is 10.5. The highest BCUT2D eigenvalue weighted by Gasteiger charge is 2.41. The van der Waals surface area contributed by atoms with E-state index >= 15 is 0 Å². The molecule has 1 heterocycles. The lowest BCUT2D eigenvalue weighted by atomic mass is 9.97. The second-order valence-electron chi connectivity index (χ2n) is 5.92. The number of amides is 1. The zero-order chi connectivity index (χ0) is 11.9. The number of nitrogens with two attached hydrogens (primary N) is 1. The number of carbonyl (C=O) groups is 1. The maximum absolute atomic E-state index is 12.4. The molecule has 0 bridgehead atoms. The quantitative estimate of drug-likeness (QED) is 0.763. The molecule has 0 aromatic rings. The average molecular weight is 237 g/mol. The molecular formula is C13H23N3O. The molecule has 3 aliphatic rings. The summed E-state index contributed by atoms with van der Waals surface area (Å²) in [4.78, 5) is 16.9. The minimum atomic E-state index is -0.526. The van der Waals surface area contributed by atoms with Gasteiger partial charge < -0.3 is 10.6 Å². The first-order valence-electron chi connectivity index (χ1n) is 7.01. The summed E-state index contributed by atoms with van der Waals surface area (Å²) in [7, 11) is 0. The van der Waals surface area contributed by atoms with Crippen molar-refractivity contribution in [3.05, 3.63) is 0 Å². The fourth-order valence-electron chi connectivity index (χ4n) is 3.26. The van der Waals surface area contributed by atoms with Gasteiger partial charge in [0.2, 0.25) is 5.91 Å². The van der Waals surface area contributed by atoms with E-state index < -0.39 is 5.54 Å². The van der Waals surface area contributed by atoms with Gasteiger partial charge in [-0.05, 0) is 25.7 Å². The largest absolute Gasteiger partial charge is 0.339 e. The van der Waals surface area contributed by atoms with Gasteiger partial charge in [-0.1, -0.05) is 12.8 Å². The van der Waals surface area contributed by atoms with Crippen molar-refractivity contribution in [2.75, 3.05) is 26.2 Å². The standard InChI is InChI=1S/C13H23N3O/c14-13(5-1-2-6-13)12(17)16-9-7-15(8-10-16)11-3-4-11/h11H,1-10,14H2. The van der Waals surface area contributed by atoms with E-state index in [2.05, 4.69) is 4.90 Å². The Morgan fingerprint density at radius 1 is 1.06 bits per heavy atom. The highest BCUT2D eigenvalue weighted by atomic mass is 16.2. The molecule has 2 N–H and O–H groups in total. The van der Waals surface area contributed by atoms with Crippen LogP contribution in [-0.2, 0) is 4.79 Å². The Balaban J connectivity index is 1.56. The molecule has 1 aliphatic heterocycles. The minimum Gasteiger partial charge on any atom is -0.339 e. The maximum atomic E-state index is 12.4.